The van der Waals surface area contributed by atoms with E-state index in [1.807, 2.05) is 37.3 Å². The van der Waals surface area contributed by atoms with E-state index in [0.29, 0.717) is 36.4 Å². The molecule has 7 nitrogen and oxygen atoms in total. The van der Waals surface area contributed by atoms with Gasteiger partial charge in [-0.1, -0.05) is 42.1 Å². The van der Waals surface area contributed by atoms with Crippen molar-refractivity contribution >= 4 is 28.5 Å². The van der Waals surface area contributed by atoms with E-state index in [9.17, 15) is 14.3 Å². The summed E-state index contributed by atoms with van der Waals surface area (Å²) >= 11 is 1.28. The number of fused-ring (bicyclic) bond motifs is 1. The third-order valence-electron chi connectivity index (χ3n) is 5.74. The summed E-state index contributed by atoms with van der Waals surface area (Å²) in [5, 5.41) is 13.4. The molecule has 0 aliphatic carbocycles. The first-order chi connectivity index (χ1) is 15.5. The highest BCUT2D eigenvalue weighted by atomic mass is 32.2. The Bertz CT molecular complexity index is 1120. The third kappa shape index (κ3) is 3.71. The molecule has 0 spiro atoms. The molecule has 1 atom stereocenters. The maximum absolute atomic E-state index is 13.7. The average Bonchev–Trinajstić information content (AvgIpc) is 3.06. The Morgan fingerprint density at radius 2 is 2.09 bits per heavy atom. The van der Waals surface area contributed by atoms with Gasteiger partial charge in [-0.2, -0.15) is 5.01 Å². The van der Waals surface area contributed by atoms with Gasteiger partial charge in [-0.15, -0.1) is 0 Å². The number of halogens is 1. The molecule has 1 amide bonds. The minimum atomic E-state index is -1.81. The maximum Gasteiger partial charge on any atom is 0.269 e. The molecule has 1 fully saturated rings. The van der Waals surface area contributed by atoms with Crippen LogP contribution in [-0.2, 0) is 15.3 Å². The quantitative estimate of drug-likeness (QED) is 0.724. The average molecular weight is 455 g/mol. The van der Waals surface area contributed by atoms with Crippen LogP contribution in [0.3, 0.4) is 0 Å². The highest BCUT2D eigenvalue weighted by Gasteiger charge is 2.53. The second-order valence-corrected chi connectivity index (χ2v) is 9.02. The van der Waals surface area contributed by atoms with Crippen LogP contribution in [0, 0.1) is 18.7 Å². The van der Waals surface area contributed by atoms with Gasteiger partial charge in [-0.05, 0) is 36.2 Å². The van der Waals surface area contributed by atoms with Crippen molar-refractivity contribution in [1.82, 2.24) is 10.4 Å². The SMILES string of the molecule is Cc1ccccc1N1C(=O)C2=CNN(CC3COC3)C2(O)N=C1SCc1cccc(F)c1. The number of carbonyl (C=O) groups excluding carboxylic acids is 1. The van der Waals surface area contributed by atoms with Crippen molar-refractivity contribution in [2.75, 3.05) is 24.7 Å². The van der Waals surface area contributed by atoms with Crippen LogP contribution < -0.4 is 10.3 Å². The molecule has 0 radical (unpaired) electrons. The lowest BCUT2D eigenvalue weighted by Crippen LogP contribution is -2.59. The minimum Gasteiger partial charge on any atom is -0.381 e. The van der Waals surface area contributed by atoms with Crippen molar-refractivity contribution in [3.8, 4) is 0 Å². The number of anilines is 1. The lowest BCUT2D eigenvalue weighted by Gasteiger charge is -2.40. The summed E-state index contributed by atoms with van der Waals surface area (Å²) in [4.78, 5) is 19.8. The number of hydrogen-bond acceptors (Lipinski definition) is 7. The molecule has 1 unspecified atom stereocenters. The van der Waals surface area contributed by atoms with Gasteiger partial charge in [0.25, 0.3) is 11.8 Å². The Hall–Kier alpha value is -2.72. The first-order valence-corrected chi connectivity index (χ1v) is 11.4. The van der Waals surface area contributed by atoms with Gasteiger partial charge in [-0.3, -0.25) is 9.69 Å². The summed E-state index contributed by atoms with van der Waals surface area (Å²) in [6.45, 7) is 3.62. The first-order valence-electron chi connectivity index (χ1n) is 10.4. The van der Waals surface area contributed by atoms with Gasteiger partial charge in [-0.25, -0.2) is 9.38 Å². The molecule has 0 bridgehead atoms. The zero-order valence-electron chi connectivity index (χ0n) is 17.5. The van der Waals surface area contributed by atoms with Crippen molar-refractivity contribution in [3.63, 3.8) is 0 Å². The molecule has 1 saturated heterocycles. The highest BCUT2D eigenvalue weighted by Crippen LogP contribution is 2.39. The number of aryl methyl sites for hydroxylation is 1. The Morgan fingerprint density at radius 1 is 1.28 bits per heavy atom. The van der Waals surface area contributed by atoms with Crippen molar-refractivity contribution < 1.29 is 19.0 Å². The normalized spacial score (nSPS) is 23.3. The van der Waals surface area contributed by atoms with Gasteiger partial charge in [0.15, 0.2) is 5.17 Å². The lowest BCUT2D eigenvalue weighted by molar-refractivity contribution is -0.132. The molecule has 2 aromatic carbocycles. The van der Waals surface area contributed by atoms with Gasteiger partial charge < -0.3 is 15.3 Å². The summed E-state index contributed by atoms with van der Waals surface area (Å²) in [5.41, 5.74) is 5.53. The van der Waals surface area contributed by atoms with Crippen molar-refractivity contribution in [3.05, 3.63) is 77.2 Å². The fourth-order valence-corrected chi connectivity index (χ4v) is 4.90. The smallest absolute Gasteiger partial charge is 0.269 e. The Labute approximate surface area is 189 Å². The second kappa shape index (κ2) is 8.32. The molecule has 5 rings (SSSR count). The molecule has 3 heterocycles. The van der Waals surface area contributed by atoms with Crippen LogP contribution in [0.15, 0.2) is 65.3 Å². The van der Waals surface area contributed by atoms with Crippen LogP contribution in [0.25, 0.3) is 0 Å². The number of nitrogens with one attached hydrogen (secondary N) is 1. The monoisotopic (exact) mass is 454 g/mol. The number of ether oxygens (including phenoxy) is 1. The fraction of sp³-hybridized carbons (Fsp3) is 0.304. The Kier molecular flexibility index (Phi) is 5.50. The summed E-state index contributed by atoms with van der Waals surface area (Å²) in [7, 11) is 0. The zero-order chi connectivity index (χ0) is 22.3. The number of amides is 1. The van der Waals surface area contributed by atoms with E-state index in [-0.39, 0.29) is 23.2 Å². The number of aliphatic imine (C=N–C) groups is 1. The number of benzene rings is 2. The van der Waals surface area contributed by atoms with E-state index in [1.165, 1.54) is 35.0 Å². The van der Waals surface area contributed by atoms with Gasteiger partial charge in [0.1, 0.15) is 11.4 Å². The summed E-state index contributed by atoms with van der Waals surface area (Å²) in [6, 6.07) is 13.8. The summed E-state index contributed by atoms with van der Waals surface area (Å²) in [6.07, 6.45) is 1.52. The van der Waals surface area contributed by atoms with Crippen LogP contribution >= 0.6 is 11.8 Å². The van der Waals surface area contributed by atoms with Crippen LogP contribution in [0.2, 0.25) is 0 Å². The molecular formula is C23H23FN4O3S. The van der Waals surface area contributed by atoms with Crippen LogP contribution in [-0.4, -0.2) is 46.8 Å². The van der Waals surface area contributed by atoms with Gasteiger partial charge in [0, 0.05) is 24.4 Å². The molecule has 0 saturated carbocycles. The largest absolute Gasteiger partial charge is 0.381 e. The van der Waals surface area contributed by atoms with E-state index in [2.05, 4.69) is 10.4 Å². The predicted molar refractivity (Wildman–Crippen MR) is 121 cm³/mol. The van der Waals surface area contributed by atoms with Crippen molar-refractivity contribution in [1.29, 1.82) is 0 Å². The Balaban J connectivity index is 1.52. The van der Waals surface area contributed by atoms with Gasteiger partial charge >= 0.3 is 0 Å². The van der Waals surface area contributed by atoms with E-state index < -0.39 is 5.85 Å². The predicted octanol–water partition coefficient (Wildman–Crippen LogP) is 2.77. The number of hydrogen-bond donors (Lipinski definition) is 2. The number of rotatable bonds is 5. The van der Waals surface area contributed by atoms with Crippen LogP contribution in [0.4, 0.5) is 10.1 Å². The molecule has 166 valence electrons. The van der Waals surface area contributed by atoms with E-state index in [0.717, 1.165) is 11.1 Å². The van der Waals surface area contributed by atoms with E-state index in [1.54, 1.807) is 11.1 Å². The van der Waals surface area contributed by atoms with Crippen molar-refractivity contribution in [2.24, 2.45) is 10.9 Å². The van der Waals surface area contributed by atoms with Crippen LogP contribution in [0.1, 0.15) is 11.1 Å². The molecular weight excluding hydrogens is 431 g/mol. The number of carbonyl (C=O) groups is 1. The molecule has 2 aromatic rings. The molecule has 0 aromatic heterocycles. The minimum absolute atomic E-state index is 0.163. The first kappa shape index (κ1) is 21.1. The third-order valence-corrected chi connectivity index (χ3v) is 6.75. The number of nitrogens with zero attached hydrogens (tertiary/aromatic N) is 3. The molecule has 3 aliphatic rings. The maximum atomic E-state index is 13.7. The van der Waals surface area contributed by atoms with Crippen molar-refractivity contribution in [2.45, 2.75) is 18.5 Å². The van der Waals surface area contributed by atoms with E-state index in [4.69, 9.17) is 4.74 Å². The number of aliphatic hydroxyl groups is 1. The second-order valence-electron chi connectivity index (χ2n) is 8.08. The molecule has 3 aliphatic heterocycles. The molecule has 9 heteroatoms. The summed E-state index contributed by atoms with van der Waals surface area (Å²) in [5.74, 6) is -1.83. The fourth-order valence-electron chi connectivity index (χ4n) is 3.92. The number of thioether (sulfide) groups is 1. The number of amidine groups is 1. The van der Waals surface area contributed by atoms with Gasteiger partial charge in [0.05, 0.1) is 18.9 Å². The molecule has 2 N–H and O–H groups in total. The van der Waals surface area contributed by atoms with Crippen LogP contribution in [0.5, 0.6) is 0 Å². The Morgan fingerprint density at radius 3 is 2.81 bits per heavy atom. The lowest BCUT2D eigenvalue weighted by atomic mass is 10.1. The number of hydrazine groups is 1. The number of para-hydroxylation sites is 1. The standard InChI is InChI=1S/C23H23FN4O3S/c1-15-5-2-3-8-20(15)28-21(29)19-10-25-27(11-17-12-31-13-17)23(19,30)26-22(28)32-14-16-6-4-7-18(24)9-16/h2-10,17,25,30H,11-14H2,1H3. The van der Waals surface area contributed by atoms with E-state index >= 15 is 0 Å². The molecule has 32 heavy (non-hydrogen) atoms. The zero-order valence-corrected chi connectivity index (χ0v) is 18.3. The van der Waals surface area contributed by atoms with Gasteiger partial charge in [0.2, 0.25) is 0 Å². The summed E-state index contributed by atoms with van der Waals surface area (Å²) < 4.78 is 18.9. The highest BCUT2D eigenvalue weighted by molar-refractivity contribution is 8.13. The topological polar surface area (TPSA) is 77.4 Å².